The Balaban J connectivity index is 1.28. The zero-order chi connectivity index (χ0) is 21.9. The summed E-state index contributed by atoms with van der Waals surface area (Å²) in [7, 11) is 0. The van der Waals surface area contributed by atoms with Crippen molar-refractivity contribution in [2.45, 2.75) is 11.4 Å². The number of amides is 1. The number of hydrogen-bond acceptors (Lipinski definition) is 4. The van der Waals surface area contributed by atoms with Gasteiger partial charge in [0.15, 0.2) is 0 Å². The third kappa shape index (κ3) is 4.59. The van der Waals surface area contributed by atoms with Gasteiger partial charge in [-0.3, -0.25) is 4.79 Å². The molecule has 0 atom stereocenters. The highest BCUT2D eigenvalue weighted by molar-refractivity contribution is 7.99. The van der Waals surface area contributed by atoms with Crippen molar-refractivity contribution >= 4 is 40.6 Å². The van der Waals surface area contributed by atoms with Crippen LogP contribution in [0.2, 0.25) is 5.02 Å². The predicted molar refractivity (Wildman–Crippen MR) is 134 cm³/mol. The Kier molecular flexibility index (Phi) is 6.28. The molecule has 0 unspecified atom stereocenters. The molecule has 0 aromatic heterocycles. The lowest BCUT2D eigenvalue weighted by Gasteiger charge is -2.36. The number of piperazine rings is 1. The monoisotopic (exact) mass is 463 g/mol. The average Bonchev–Trinajstić information content (AvgIpc) is 2.85. The number of anilines is 2. The fraction of sp³-hybridized carbons (Fsp3) is 0.269. The molecule has 164 valence electrons. The van der Waals surface area contributed by atoms with Crippen molar-refractivity contribution in [1.29, 1.82) is 0 Å². The molecule has 1 fully saturated rings. The second kappa shape index (κ2) is 9.47. The number of benzene rings is 3. The zero-order valence-electron chi connectivity index (χ0n) is 17.9. The minimum Gasteiger partial charge on any atom is -0.368 e. The van der Waals surface area contributed by atoms with Crippen LogP contribution in [0.25, 0.3) is 0 Å². The highest BCUT2D eigenvalue weighted by Crippen LogP contribution is 2.36. The summed E-state index contributed by atoms with van der Waals surface area (Å²) in [6.45, 7) is 4.96. The molecule has 0 aliphatic carbocycles. The summed E-state index contributed by atoms with van der Waals surface area (Å²) >= 11 is 7.89. The van der Waals surface area contributed by atoms with Crippen LogP contribution < -0.4 is 9.80 Å². The average molecular weight is 464 g/mol. The van der Waals surface area contributed by atoms with Gasteiger partial charge in [0.05, 0.1) is 5.69 Å². The van der Waals surface area contributed by atoms with E-state index in [9.17, 15) is 4.79 Å². The van der Waals surface area contributed by atoms with Crippen LogP contribution in [-0.2, 0) is 6.54 Å². The van der Waals surface area contributed by atoms with Gasteiger partial charge in [-0.25, -0.2) is 0 Å². The highest BCUT2D eigenvalue weighted by Gasteiger charge is 2.25. The number of hydrogen-bond donors (Lipinski definition) is 0. The third-order valence-electron chi connectivity index (χ3n) is 6.14. The molecular weight excluding hydrogens is 438 g/mol. The van der Waals surface area contributed by atoms with Gasteiger partial charge in [0.25, 0.3) is 5.91 Å². The van der Waals surface area contributed by atoms with Gasteiger partial charge in [0, 0.05) is 66.2 Å². The molecule has 2 heterocycles. The van der Waals surface area contributed by atoms with E-state index in [1.807, 2.05) is 53.1 Å². The largest absolute Gasteiger partial charge is 0.368 e. The van der Waals surface area contributed by atoms with E-state index in [1.54, 1.807) is 0 Å². The minimum atomic E-state index is 0.124. The summed E-state index contributed by atoms with van der Waals surface area (Å²) in [5, 5.41) is 0.745. The Hall–Kier alpha value is -2.63. The Labute approximate surface area is 198 Å². The van der Waals surface area contributed by atoms with Crippen molar-refractivity contribution in [3.8, 4) is 0 Å². The predicted octanol–water partition coefficient (Wildman–Crippen LogP) is 5.41. The number of halogens is 1. The van der Waals surface area contributed by atoms with Crippen molar-refractivity contribution < 1.29 is 4.79 Å². The third-order valence-corrected chi connectivity index (χ3v) is 7.44. The second-order valence-corrected chi connectivity index (χ2v) is 9.77. The Bertz CT molecular complexity index is 1080. The summed E-state index contributed by atoms with van der Waals surface area (Å²) < 4.78 is 0. The van der Waals surface area contributed by atoms with E-state index in [0.717, 1.165) is 61.3 Å². The molecule has 1 amide bonds. The van der Waals surface area contributed by atoms with Gasteiger partial charge in [0.2, 0.25) is 0 Å². The lowest BCUT2D eigenvalue weighted by molar-refractivity contribution is 0.0746. The maximum atomic E-state index is 13.3. The first-order valence-corrected chi connectivity index (χ1v) is 12.4. The van der Waals surface area contributed by atoms with Crippen molar-refractivity contribution in [3.63, 3.8) is 0 Å². The van der Waals surface area contributed by atoms with Crippen LogP contribution in [0.5, 0.6) is 0 Å². The van der Waals surface area contributed by atoms with Gasteiger partial charge >= 0.3 is 0 Å². The molecule has 0 radical (unpaired) electrons. The number of fused-ring (bicyclic) bond motifs is 1. The van der Waals surface area contributed by atoms with Gasteiger partial charge in [-0.1, -0.05) is 41.9 Å². The number of nitrogens with zero attached hydrogens (tertiary/aromatic N) is 3. The molecule has 0 spiro atoms. The fourth-order valence-electron chi connectivity index (χ4n) is 4.38. The Morgan fingerprint density at radius 2 is 1.62 bits per heavy atom. The van der Waals surface area contributed by atoms with Crippen LogP contribution in [0.3, 0.4) is 0 Å². The van der Waals surface area contributed by atoms with E-state index in [1.165, 1.54) is 16.1 Å². The van der Waals surface area contributed by atoms with E-state index < -0.39 is 0 Å². The molecule has 0 saturated carbocycles. The van der Waals surface area contributed by atoms with Crippen LogP contribution in [0.15, 0.2) is 77.7 Å². The van der Waals surface area contributed by atoms with Gasteiger partial charge in [-0.05, 0) is 48.0 Å². The Morgan fingerprint density at radius 1 is 0.875 bits per heavy atom. The first-order chi connectivity index (χ1) is 15.7. The molecule has 0 bridgehead atoms. The molecule has 3 aromatic carbocycles. The topological polar surface area (TPSA) is 26.8 Å². The molecule has 6 heteroatoms. The summed E-state index contributed by atoms with van der Waals surface area (Å²) in [4.78, 5) is 21.3. The number of thioether (sulfide) groups is 1. The quantitative estimate of drug-likeness (QED) is 0.516. The van der Waals surface area contributed by atoms with Crippen LogP contribution in [-0.4, -0.2) is 49.3 Å². The summed E-state index contributed by atoms with van der Waals surface area (Å²) in [6, 6.07) is 24.7. The van der Waals surface area contributed by atoms with Crippen LogP contribution >= 0.6 is 23.4 Å². The summed E-state index contributed by atoms with van der Waals surface area (Å²) in [5.41, 5.74) is 4.41. The van der Waals surface area contributed by atoms with Crippen molar-refractivity contribution in [2.24, 2.45) is 0 Å². The summed E-state index contributed by atoms with van der Waals surface area (Å²) in [6.07, 6.45) is 0. The highest BCUT2D eigenvalue weighted by atomic mass is 35.5. The van der Waals surface area contributed by atoms with E-state index in [0.29, 0.717) is 0 Å². The molecule has 4 nitrogen and oxygen atoms in total. The maximum Gasteiger partial charge on any atom is 0.254 e. The number of carbonyl (C=O) groups excluding carboxylic acids is 1. The fourth-order valence-corrected chi connectivity index (χ4v) is 5.53. The minimum absolute atomic E-state index is 0.124. The van der Waals surface area contributed by atoms with Gasteiger partial charge in [-0.15, -0.1) is 11.8 Å². The van der Waals surface area contributed by atoms with E-state index in [-0.39, 0.29) is 5.91 Å². The molecule has 2 aliphatic heterocycles. The van der Waals surface area contributed by atoms with Crippen molar-refractivity contribution in [1.82, 2.24) is 4.90 Å². The molecule has 2 aliphatic rings. The van der Waals surface area contributed by atoms with Crippen LogP contribution in [0.1, 0.15) is 15.9 Å². The van der Waals surface area contributed by atoms with Crippen LogP contribution in [0, 0.1) is 0 Å². The molecule has 1 saturated heterocycles. The second-order valence-electron chi connectivity index (χ2n) is 8.19. The van der Waals surface area contributed by atoms with E-state index >= 15 is 0 Å². The van der Waals surface area contributed by atoms with Gasteiger partial charge in [-0.2, -0.15) is 0 Å². The first-order valence-electron chi connectivity index (χ1n) is 11.0. The van der Waals surface area contributed by atoms with E-state index in [2.05, 4.69) is 46.2 Å². The lowest BCUT2D eigenvalue weighted by Crippen LogP contribution is -2.48. The molecule has 0 N–H and O–H groups in total. The van der Waals surface area contributed by atoms with Gasteiger partial charge < -0.3 is 14.7 Å². The van der Waals surface area contributed by atoms with Gasteiger partial charge in [0.1, 0.15) is 0 Å². The SMILES string of the molecule is O=C(c1ccc2c(c1)N(Cc1ccccc1)CCS2)N1CCN(c2ccc(Cl)cc2)CC1. The summed E-state index contributed by atoms with van der Waals surface area (Å²) in [5.74, 6) is 1.19. The zero-order valence-corrected chi connectivity index (χ0v) is 19.5. The smallest absolute Gasteiger partial charge is 0.254 e. The van der Waals surface area contributed by atoms with Crippen molar-refractivity contribution in [3.05, 3.63) is 88.9 Å². The maximum absolute atomic E-state index is 13.3. The number of carbonyl (C=O) groups is 1. The molecule has 3 aromatic rings. The molecule has 32 heavy (non-hydrogen) atoms. The van der Waals surface area contributed by atoms with Crippen LogP contribution in [0.4, 0.5) is 11.4 Å². The lowest BCUT2D eigenvalue weighted by atomic mass is 10.1. The standard InChI is InChI=1S/C26H26ClN3OS/c27-22-7-9-23(10-8-22)28-12-14-29(15-13-28)26(31)21-6-11-25-24(18-21)30(16-17-32-25)19-20-4-2-1-3-5-20/h1-11,18H,12-17,19H2. The normalized spacial score (nSPS) is 16.1. The molecule has 5 rings (SSSR count). The van der Waals surface area contributed by atoms with Crippen molar-refractivity contribution in [2.75, 3.05) is 48.3 Å². The number of rotatable bonds is 4. The molecular formula is C26H26ClN3OS. The van der Waals surface area contributed by atoms with E-state index in [4.69, 9.17) is 11.6 Å². The Morgan fingerprint density at radius 3 is 2.38 bits per heavy atom. The first kappa shape index (κ1) is 21.2.